The summed E-state index contributed by atoms with van der Waals surface area (Å²) in [4.78, 5) is 12.1. The van der Waals surface area contributed by atoms with Crippen LogP contribution in [0.5, 0.6) is 0 Å². The van der Waals surface area contributed by atoms with E-state index in [1.54, 1.807) is 24.3 Å². The van der Waals surface area contributed by atoms with Gasteiger partial charge in [-0.05, 0) is 42.0 Å². The Morgan fingerprint density at radius 3 is 2.11 bits per heavy atom. The number of carbonyl (C=O) groups is 1. The van der Waals surface area contributed by atoms with Gasteiger partial charge in [0.1, 0.15) is 11.2 Å². The number of carbonyl (C=O) groups excluding carboxylic acids is 1. The third-order valence-electron chi connectivity index (χ3n) is 2.52. The van der Waals surface area contributed by atoms with Crippen molar-refractivity contribution in [1.82, 2.24) is 0 Å². The normalized spacial score (nSPS) is 12.2. The summed E-state index contributed by atoms with van der Waals surface area (Å²) in [6.07, 6.45) is 0. The van der Waals surface area contributed by atoms with Crippen molar-refractivity contribution in [2.75, 3.05) is 0 Å². The molecule has 92 valence electrons. The van der Waals surface area contributed by atoms with Gasteiger partial charge in [0.15, 0.2) is 5.78 Å². The molecule has 0 saturated heterocycles. The quantitative estimate of drug-likeness (QED) is 0.592. The van der Waals surface area contributed by atoms with Crippen molar-refractivity contribution in [2.24, 2.45) is 0 Å². The SMILES string of the molecule is O=C(c1ccc(F)cc1)C(Cl)c1ccc(Cl)cc1. The minimum absolute atomic E-state index is 0.265. The number of ketones is 1. The van der Waals surface area contributed by atoms with Crippen LogP contribution in [0.15, 0.2) is 48.5 Å². The topological polar surface area (TPSA) is 17.1 Å². The molecule has 0 bridgehead atoms. The summed E-state index contributed by atoms with van der Waals surface area (Å²) in [5.74, 6) is -0.650. The molecule has 2 aromatic carbocycles. The molecule has 1 nitrogen and oxygen atoms in total. The van der Waals surface area contributed by atoms with Crippen molar-refractivity contribution in [3.63, 3.8) is 0 Å². The summed E-state index contributed by atoms with van der Waals surface area (Å²) in [6.45, 7) is 0. The molecule has 18 heavy (non-hydrogen) atoms. The van der Waals surface area contributed by atoms with Gasteiger partial charge in [-0.1, -0.05) is 23.7 Å². The van der Waals surface area contributed by atoms with Crippen LogP contribution in [0.2, 0.25) is 5.02 Å². The maximum absolute atomic E-state index is 12.8. The highest BCUT2D eigenvalue weighted by Gasteiger charge is 2.19. The molecule has 0 amide bonds. The number of halogens is 3. The Kier molecular flexibility index (Phi) is 4.00. The lowest BCUT2D eigenvalue weighted by Gasteiger charge is -2.09. The summed E-state index contributed by atoms with van der Waals surface area (Å²) >= 11 is 11.9. The molecule has 0 radical (unpaired) electrons. The Labute approximate surface area is 114 Å². The van der Waals surface area contributed by atoms with Crippen LogP contribution in [-0.2, 0) is 0 Å². The lowest BCUT2D eigenvalue weighted by molar-refractivity contribution is 0.0987. The number of Topliss-reactive ketones (excluding diaryl/α,β-unsaturated/α-hetero) is 1. The second-order valence-corrected chi connectivity index (χ2v) is 4.66. The third kappa shape index (κ3) is 2.89. The van der Waals surface area contributed by atoms with E-state index in [0.29, 0.717) is 16.1 Å². The van der Waals surface area contributed by atoms with Gasteiger partial charge >= 0.3 is 0 Å². The molecule has 0 heterocycles. The maximum atomic E-state index is 12.8. The minimum Gasteiger partial charge on any atom is -0.292 e. The van der Waals surface area contributed by atoms with Gasteiger partial charge < -0.3 is 0 Å². The van der Waals surface area contributed by atoms with Gasteiger partial charge in [0.25, 0.3) is 0 Å². The van der Waals surface area contributed by atoms with Gasteiger partial charge in [-0.15, -0.1) is 11.6 Å². The average molecular weight is 283 g/mol. The zero-order valence-electron chi connectivity index (χ0n) is 9.24. The van der Waals surface area contributed by atoms with E-state index in [2.05, 4.69) is 0 Å². The maximum Gasteiger partial charge on any atom is 0.185 e. The number of benzene rings is 2. The first-order chi connectivity index (χ1) is 8.58. The first-order valence-electron chi connectivity index (χ1n) is 5.27. The molecule has 0 N–H and O–H groups in total. The fraction of sp³-hybridized carbons (Fsp3) is 0.0714. The van der Waals surface area contributed by atoms with Gasteiger partial charge in [-0.3, -0.25) is 4.79 Å². The van der Waals surface area contributed by atoms with Crippen LogP contribution in [-0.4, -0.2) is 5.78 Å². The van der Waals surface area contributed by atoms with Gasteiger partial charge in [0.2, 0.25) is 0 Å². The second kappa shape index (κ2) is 5.51. The van der Waals surface area contributed by atoms with Crippen LogP contribution in [0.1, 0.15) is 21.3 Å². The number of hydrogen-bond donors (Lipinski definition) is 0. The summed E-state index contributed by atoms with van der Waals surface area (Å²) < 4.78 is 12.8. The Bertz CT molecular complexity index is 549. The highest BCUT2D eigenvalue weighted by Crippen LogP contribution is 2.26. The summed E-state index contributed by atoms with van der Waals surface area (Å²) in [5, 5.41) is -0.218. The largest absolute Gasteiger partial charge is 0.292 e. The van der Waals surface area contributed by atoms with Crippen molar-refractivity contribution in [1.29, 1.82) is 0 Å². The molecule has 0 aliphatic heterocycles. The van der Waals surface area contributed by atoms with Crippen LogP contribution in [0.4, 0.5) is 4.39 Å². The van der Waals surface area contributed by atoms with E-state index in [1.165, 1.54) is 24.3 Å². The summed E-state index contributed by atoms with van der Waals surface area (Å²) in [5.41, 5.74) is 1.04. The minimum atomic E-state index is -0.798. The number of hydrogen-bond acceptors (Lipinski definition) is 1. The highest BCUT2D eigenvalue weighted by atomic mass is 35.5. The first kappa shape index (κ1) is 13.1. The smallest absolute Gasteiger partial charge is 0.185 e. The lowest BCUT2D eigenvalue weighted by atomic mass is 10.0. The molecular formula is C14H9Cl2FO. The monoisotopic (exact) mass is 282 g/mol. The Morgan fingerprint density at radius 1 is 1.00 bits per heavy atom. The van der Waals surface area contributed by atoms with Crippen LogP contribution in [0, 0.1) is 5.82 Å². The van der Waals surface area contributed by atoms with Gasteiger partial charge in [0, 0.05) is 10.6 Å². The van der Waals surface area contributed by atoms with Crippen LogP contribution in [0.3, 0.4) is 0 Å². The third-order valence-corrected chi connectivity index (χ3v) is 3.22. The van der Waals surface area contributed by atoms with Crippen LogP contribution in [0.25, 0.3) is 0 Å². The van der Waals surface area contributed by atoms with E-state index in [1.807, 2.05) is 0 Å². The fourth-order valence-electron chi connectivity index (χ4n) is 1.54. The first-order valence-corrected chi connectivity index (χ1v) is 6.08. The van der Waals surface area contributed by atoms with Crippen molar-refractivity contribution in [3.8, 4) is 0 Å². The Morgan fingerprint density at radius 2 is 1.56 bits per heavy atom. The van der Waals surface area contributed by atoms with Crippen molar-refractivity contribution < 1.29 is 9.18 Å². The van der Waals surface area contributed by atoms with Crippen molar-refractivity contribution >= 4 is 29.0 Å². The average Bonchev–Trinajstić information content (AvgIpc) is 2.39. The molecule has 1 unspecified atom stereocenters. The zero-order chi connectivity index (χ0) is 13.1. The van der Waals surface area contributed by atoms with Gasteiger partial charge in [-0.2, -0.15) is 0 Å². The molecule has 0 spiro atoms. The molecule has 0 saturated carbocycles. The van der Waals surface area contributed by atoms with Crippen molar-refractivity contribution in [2.45, 2.75) is 5.38 Å². The van der Waals surface area contributed by atoms with E-state index in [0.717, 1.165) is 0 Å². The molecular weight excluding hydrogens is 274 g/mol. The van der Waals surface area contributed by atoms with Crippen LogP contribution < -0.4 is 0 Å². The zero-order valence-corrected chi connectivity index (χ0v) is 10.8. The predicted molar refractivity (Wildman–Crippen MR) is 70.8 cm³/mol. The molecule has 1 atom stereocenters. The summed E-state index contributed by atoms with van der Waals surface area (Å²) in [7, 11) is 0. The molecule has 0 aliphatic rings. The Hall–Kier alpha value is -1.38. The van der Waals surface area contributed by atoms with E-state index in [-0.39, 0.29) is 11.6 Å². The van der Waals surface area contributed by atoms with E-state index in [4.69, 9.17) is 23.2 Å². The van der Waals surface area contributed by atoms with E-state index < -0.39 is 5.38 Å². The van der Waals surface area contributed by atoms with Gasteiger partial charge in [0.05, 0.1) is 0 Å². The summed E-state index contributed by atoms with van der Waals surface area (Å²) in [6, 6.07) is 12.0. The molecule has 4 heteroatoms. The number of rotatable bonds is 3. The van der Waals surface area contributed by atoms with E-state index in [9.17, 15) is 9.18 Å². The highest BCUT2D eigenvalue weighted by molar-refractivity contribution is 6.34. The second-order valence-electron chi connectivity index (χ2n) is 3.79. The lowest BCUT2D eigenvalue weighted by Crippen LogP contribution is -2.07. The standard InChI is InChI=1S/C14H9Cl2FO/c15-11-5-1-9(2-6-11)13(16)14(18)10-3-7-12(17)8-4-10/h1-8,13H. The van der Waals surface area contributed by atoms with Crippen LogP contribution >= 0.6 is 23.2 Å². The molecule has 0 fully saturated rings. The predicted octanol–water partition coefficient (Wildman–Crippen LogP) is 4.64. The molecule has 0 aliphatic carbocycles. The van der Waals surface area contributed by atoms with Crippen molar-refractivity contribution in [3.05, 3.63) is 70.5 Å². The van der Waals surface area contributed by atoms with Gasteiger partial charge in [-0.25, -0.2) is 4.39 Å². The fourth-order valence-corrected chi connectivity index (χ4v) is 1.94. The molecule has 2 rings (SSSR count). The van der Waals surface area contributed by atoms with E-state index >= 15 is 0 Å². The Balaban J connectivity index is 2.23. The molecule has 2 aromatic rings. The molecule has 0 aromatic heterocycles. The number of alkyl halides is 1.